The molecule has 0 atom stereocenters. The van der Waals surface area contributed by atoms with E-state index < -0.39 is 0 Å². The molecule has 0 unspecified atom stereocenters. The number of carbonyl (C=O) groups excluding carboxylic acids is 3. The molecule has 0 aliphatic carbocycles. The summed E-state index contributed by atoms with van der Waals surface area (Å²) >= 11 is 0. The molecule has 36 heavy (non-hydrogen) atoms. The number of piperazine rings is 1. The van der Waals surface area contributed by atoms with Crippen molar-refractivity contribution in [3.8, 4) is 0 Å². The van der Waals surface area contributed by atoms with E-state index in [2.05, 4.69) is 17.0 Å². The summed E-state index contributed by atoms with van der Waals surface area (Å²) in [5, 5.41) is 7.66. The lowest BCUT2D eigenvalue weighted by Crippen LogP contribution is -2.50. The van der Waals surface area contributed by atoms with Crippen LogP contribution in [0.4, 0.5) is 5.82 Å². The Balaban J connectivity index is 1.43. The van der Waals surface area contributed by atoms with Crippen LogP contribution in [0, 0.1) is 6.92 Å². The van der Waals surface area contributed by atoms with Gasteiger partial charge in [-0.05, 0) is 43.5 Å². The maximum absolute atomic E-state index is 13.5. The lowest BCUT2D eigenvalue weighted by molar-refractivity contribution is -0.138. The van der Waals surface area contributed by atoms with Crippen LogP contribution < -0.4 is 5.32 Å². The predicted octanol–water partition coefficient (Wildman–Crippen LogP) is 2.84. The van der Waals surface area contributed by atoms with E-state index >= 15 is 0 Å². The number of aromatic nitrogens is 2. The van der Waals surface area contributed by atoms with Crippen LogP contribution in [0.2, 0.25) is 0 Å². The summed E-state index contributed by atoms with van der Waals surface area (Å²) in [5.41, 5.74) is 4.88. The minimum Gasteiger partial charge on any atom is -0.339 e. The van der Waals surface area contributed by atoms with E-state index in [1.165, 1.54) is 0 Å². The van der Waals surface area contributed by atoms with Gasteiger partial charge in [0.2, 0.25) is 11.8 Å². The van der Waals surface area contributed by atoms with Gasteiger partial charge in [0, 0.05) is 57.7 Å². The maximum Gasteiger partial charge on any atom is 0.258 e. The monoisotopic (exact) mass is 490 g/mol. The number of anilines is 1. The van der Waals surface area contributed by atoms with Gasteiger partial charge < -0.3 is 20.0 Å². The van der Waals surface area contributed by atoms with Gasteiger partial charge in [-0.25, -0.2) is 0 Å². The number of fused-ring (bicyclic) bond motifs is 1. The fraction of sp³-hybridized carbons (Fsp3) is 0.407. The Morgan fingerprint density at radius 2 is 1.83 bits per heavy atom. The Morgan fingerprint density at radius 1 is 1.14 bits per heavy atom. The number of nitrogens with zero attached hydrogens (tertiary/aromatic N) is 5. The van der Waals surface area contributed by atoms with Gasteiger partial charge in [-0.3, -0.25) is 19.1 Å². The van der Waals surface area contributed by atoms with Crippen LogP contribution in [0.5, 0.6) is 0 Å². The molecule has 1 fully saturated rings. The Hall–Kier alpha value is -3.88. The lowest BCUT2D eigenvalue weighted by atomic mass is 10.00. The number of amides is 3. The summed E-state index contributed by atoms with van der Waals surface area (Å²) in [6.07, 6.45) is 4.67. The van der Waals surface area contributed by atoms with Crippen molar-refractivity contribution in [3.63, 3.8) is 0 Å². The van der Waals surface area contributed by atoms with Gasteiger partial charge in [0.05, 0.1) is 24.1 Å². The van der Waals surface area contributed by atoms with Gasteiger partial charge in [0.1, 0.15) is 5.82 Å². The molecule has 1 aromatic carbocycles. The van der Waals surface area contributed by atoms with Crippen molar-refractivity contribution >= 4 is 23.5 Å². The molecule has 0 bridgehead atoms. The largest absolute Gasteiger partial charge is 0.339 e. The standard InChI is InChI=1S/C27H34N6O3/c1-6-24-19(3)33(17-23-16-28-30(5)26(23)29-24)27(36)22-8-7-21(18(2)15-22)9-10-25(35)32-13-11-31(12-14-32)20(4)34/h6-8,15-16,29H,3,9-14,17H2,1-2,4-5H3/b24-6+. The van der Waals surface area contributed by atoms with E-state index in [9.17, 15) is 14.4 Å². The first kappa shape index (κ1) is 25.2. The SMILES string of the molecule is C=C1/C(=C\C)Nc2c(cnn2C)CN1C(=O)c1ccc(CCC(=O)N2CCN(C(C)=O)CC2)c(C)c1. The molecule has 0 radical (unpaired) electrons. The summed E-state index contributed by atoms with van der Waals surface area (Å²) in [5.74, 6) is 0.859. The molecule has 3 amide bonds. The second-order valence-corrected chi connectivity index (χ2v) is 9.34. The molecule has 0 spiro atoms. The van der Waals surface area contributed by atoms with Gasteiger partial charge in [0.25, 0.3) is 5.91 Å². The van der Waals surface area contributed by atoms with E-state index in [1.54, 1.807) is 27.6 Å². The van der Waals surface area contributed by atoms with Gasteiger partial charge in [-0.15, -0.1) is 0 Å². The highest BCUT2D eigenvalue weighted by molar-refractivity contribution is 5.96. The first-order valence-corrected chi connectivity index (χ1v) is 12.3. The minimum absolute atomic E-state index is 0.0511. The Labute approximate surface area is 212 Å². The van der Waals surface area contributed by atoms with Crippen LogP contribution in [0.25, 0.3) is 0 Å². The number of aryl methyl sites for hydroxylation is 3. The first-order valence-electron chi connectivity index (χ1n) is 12.3. The van der Waals surface area contributed by atoms with Crippen LogP contribution in [-0.4, -0.2) is 68.4 Å². The molecule has 0 saturated carbocycles. The van der Waals surface area contributed by atoms with Crippen LogP contribution in [0.1, 0.15) is 47.3 Å². The summed E-state index contributed by atoms with van der Waals surface area (Å²) in [6.45, 7) is 12.3. The van der Waals surface area contributed by atoms with E-state index in [4.69, 9.17) is 0 Å². The summed E-state index contributed by atoms with van der Waals surface area (Å²) in [7, 11) is 1.86. The molecule has 3 heterocycles. The smallest absolute Gasteiger partial charge is 0.258 e. The van der Waals surface area contributed by atoms with Gasteiger partial charge in [0.15, 0.2) is 0 Å². The molecule has 2 aromatic rings. The number of carbonyl (C=O) groups is 3. The number of hydrogen-bond donors (Lipinski definition) is 1. The Morgan fingerprint density at radius 3 is 2.47 bits per heavy atom. The molecule has 1 N–H and O–H groups in total. The van der Waals surface area contributed by atoms with Crippen molar-refractivity contribution in [2.45, 2.75) is 40.2 Å². The lowest BCUT2D eigenvalue weighted by Gasteiger charge is -2.34. The highest BCUT2D eigenvalue weighted by atomic mass is 16.2. The third-order valence-electron chi connectivity index (χ3n) is 7.04. The summed E-state index contributed by atoms with van der Waals surface area (Å²) < 4.78 is 1.75. The molecule has 1 saturated heterocycles. The van der Waals surface area contributed by atoms with E-state index in [0.29, 0.717) is 56.8 Å². The van der Waals surface area contributed by atoms with Crippen LogP contribution in [0.3, 0.4) is 0 Å². The molecule has 9 nitrogen and oxygen atoms in total. The predicted molar refractivity (Wildman–Crippen MR) is 138 cm³/mol. The van der Waals surface area contributed by atoms with Crippen molar-refractivity contribution in [1.29, 1.82) is 0 Å². The molecule has 2 aliphatic rings. The molecule has 2 aliphatic heterocycles. The second-order valence-electron chi connectivity index (χ2n) is 9.34. The number of allylic oxidation sites excluding steroid dienone is 1. The molecule has 4 rings (SSSR count). The first-order chi connectivity index (χ1) is 17.2. The minimum atomic E-state index is -0.132. The number of nitrogens with one attached hydrogen (secondary N) is 1. The van der Waals surface area contributed by atoms with E-state index in [1.807, 2.05) is 50.1 Å². The van der Waals surface area contributed by atoms with E-state index in [0.717, 1.165) is 28.2 Å². The Kier molecular flexibility index (Phi) is 7.28. The summed E-state index contributed by atoms with van der Waals surface area (Å²) in [4.78, 5) is 43.0. The topological polar surface area (TPSA) is 90.8 Å². The average molecular weight is 491 g/mol. The van der Waals surface area contributed by atoms with Crippen molar-refractivity contribution in [1.82, 2.24) is 24.5 Å². The van der Waals surface area contributed by atoms with Crippen molar-refractivity contribution in [2.75, 3.05) is 31.5 Å². The van der Waals surface area contributed by atoms with Gasteiger partial charge >= 0.3 is 0 Å². The Bertz CT molecular complexity index is 1240. The number of hydrogen-bond acceptors (Lipinski definition) is 5. The van der Waals surface area contributed by atoms with Gasteiger partial charge in [-0.2, -0.15) is 5.10 Å². The van der Waals surface area contributed by atoms with Crippen molar-refractivity contribution in [2.24, 2.45) is 7.05 Å². The second kappa shape index (κ2) is 10.4. The average Bonchev–Trinajstić information content (AvgIpc) is 3.14. The molecule has 9 heteroatoms. The van der Waals surface area contributed by atoms with E-state index in [-0.39, 0.29) is 17.7 Å². The number of benzene rings is 1. The molecule has 190 valence electrons. The molecular weight excluding hydrogens is 456 g/mol. The van der Waals surface area contributed by atoms with Crippen molar-refractivity contribution < 1.29 is 14.4 Å². The fourth-order valence-electron chi connectivity index (χ4n) is 4.74. The van der Waals surface area contributed by atoms with Crippen molar-refractivity contribution in [3.05, 3.63) is 70.7 Å². The third-order valence-corrected chi connectivity index (χ3v) is 7.04. The summed E-state index contributed by atoms with van der Waals surface area (Å²) in [6, 6.07) is 5.65. The molecule has 1 aromatic heterocycles. The zero-order valence-electron chi connectivity index (χ0n) is 21.5. The van der Waals surface area contributed by atoms with Crippen LogP contribution in [0.15, 0.2) is 48.4 Å². The number of rotatable bonds is 4. The zero-order chi connectivity index (χ0) is 26.0. The third kappa shape index (κ3) is 5.05. The quantitative estimate of drug-likeness (QED) is 0.712. The molecular formula is C27H34N6O3. The maximum atomic E-state index is 13.5. The zero-order valence-corrected chi connectivity index (χ0v) is 21.5. The van der Waals surface area contributed by atoms with Crippen LogP contribution >= 0.6 is 0 Å². The van der Waals surface area contributed by atoms with Crippen LogP contribution in [-0.2, 0) is 29.6 Å². The highest BCUT2D eigenvalue weighted by Gasteiger charge is 2.28. The normalized spacial score (nSPS) is 17.1. The highest BCUT2D eigenvalue weighted by Crippen LogP contribution is 2.30. The van der Waals surface area contributed by atoms with Gasteiger partial charge in [-0.1, -0.05) is 18.7 Å². The fourth-order valence-corrected chi connectivity index (χ4v) is 4.74.